The van der Waals surface area contributed by atoms with Crippen LogP contribution < -0.4 is 10.2 Å². The van der Waals surface area contributed by atoms with Gasteiger partial charge in [0.15, 0.2) is 5.82 Å². The lowest BCUT2D eigenvalue weighted by atomic mass is 10.0. The summed E-state index contributed by atoms with van der Waals surface area (Å²) in [6, 6.07) is 11.2. The van der Waals surface area contributed by atoms with Crippen molar-refractivity contribution in [2.24, 2.45) is 7.05 Å². The molecule has 1 N–H and O–H groups in total. The van der Waals surface area contributed by atoms with Gasteiger partial charge >= 0.3 is 0 Å². The summed E-state index contributed by atoms with van der Waals surface area (Å²) < 4.78 is 0. The first-order valence-corrected chi connectivity index (χ1v) is 10.8. The van der Waals surface area contributed by atoms with Crippen molar-refractivity contribution in [3.05, 3.63) is 70.8 Å². The Bertz CT molecular complexity index is 1440. The van der Waals surface area contributed by atoms with Crippen LogP contribution in [0.25, 0.3) is 11.3 Å². The minimum Gasteiger partial charge on any atom is -0.310 e. The van der Waals surface area contributed by atoms with Crippen molar-refractivity contribution >= 4 is 35.0 Å². The summed E-state index contributed by atoms with van der Waals surface area (Å²) in [7, 11) is 1.72. The Kier molecular flexibility index (Phi) is 5.61. The Labute approximate surface area is 199 Å². The Morgan fingerprint density at radius 2 is 2.15 bits per heavy atom. The molecule has 10 nitrogen and oxygen atoms in total. The summed E-state index contributed by atoms with van der Waals surface area (Å²) in [6.07, 6.45) is 5.54. The van der Waals surface area contributed by atoms with Gasteiger partial charge in [-0.15, -0.1) is 5.10 Å². The maximum absolute atomic E-state index is 13.1. The minimum absolute atomic E-state index is 0.113. The second-order valence-corrected chi connectivity index (χ2v) is 8.04. The van der Waals surface area contributed by atoms with Crippen LogP contribution in [-0.2, 0) is 24.7 Å². The summed E-state index contributed by atoms with van der Waals surface area (Å²) in [5.41, 5.74) is 4.04. The highest BCUT2D eigenvalue weighted by molar-refractivity contribution is 6.30. The smallest absolute Gasteiger partial charge is 0.231 e. The fraction of sp³-hybridized carbons (Fsp3) is 0.174. The fourth-order valence-electron chi connectivity index (χ4n) is 3.94. The zero-order valence-corrected chi connectivity index (χ0v) is 18.9. The van der Waals surface area contributed by atoms with Crippen LogP contribution in [0.2, 0.25) is 5.15 Å². The second-order valence-electron chi connectivity index (χ2n) is 7.68. The third-order valence-corrected chi connectivity index (χ3v) is 5.79. The van der Waals surface area contributed by atoms with Gasteiger partial charge in [-0.3, -0.25) is 4.79 Å². The number of nitrogens with one attached hydrogen (secondary N) is 1. The van der Waals surface area contributed by atoms with E-state index in [9.17, 15) is 10.1 Å². The van der Waals surface area contributed by atoms with Crippen molar-refractivity contribution in [3.63, 3.8) is 0 Å². The Balaban J connectivity index is 1.44. The second kappa shape index (κ2) is 8.88. The summed E-state index contributed by atoms with van der Waals surface area (Å²) >= 11 is 6.13. The number of benzene rings is 1. The van der Waals surface area contributed by atoms with E-state index in [2.05, 4.69) is 36.5 Å². The van der Waals surface area contributed by atoms with Crippen molar-refractivity contribution in [2.75, 3.05) is 16.8 Å². The van der Waals surface area contributed by atoms with Gasteiger partial charge in [0.1, 0.15) is 11.2 Å². The molecule has 11 heteroatoms. The van der Waals surface area contributed by atoms with E-state index >= 15 is 0 Å². The lowest BCUT2D eigenvalue weighted by Crippen LogP contribution is -2.31. The molecular weight excluding hydrogens is 454 g/mol. The summed E-state index contributed by atoms with van der Waals surface area (Å²) in [4.78, 5) is 29.0. The third-order valence-electron chi connectivity index (χ3n) is 5.45. The van der Waals surface area contributed by atoms with Gasteiger partial charge in [0.2, 0.25) is 11.9 Å². The van der Waals surface area contributed by atoms with Crippen molar-refractivity contribution in [3.8, 4) is 17.3 Å². The molecule has 3 aromatic heterocycles. The van der Waals surface area contributed by atoms with E-state index in [1.807, 2.05) is 6.07 Å². The molecule has 4 aromatic rings. The molecular formula is C23H18ClN9O. The predicted molar refractivity (Wildman–Crippen MR) is 125 cm³/mol. The number of carbonyl (C=O) groups excluding carboxylic acids is 1. The Morgan fingerprint density at radius 1 is 1.26 bits per heavy atom. The molecule has 1 aliphatic heterocycles. The molecule has 0 unspecified atom stereocenters. The predicted octanol–water partition coefficient (Wildman–Crippen LogP) is 3.07. The number of nitriles is 1. The molecule has 168 valence electrons. The number of nitrogens with zero attached hydrogens (tertiary/aromatic N) is 8. The van der Waals surface area contributed by atoms with E-state index in [0.29, 0.717) is 52.4 Å². The van der Waals surface area contributed by atoms with Crippen molar-refractivity contribution < 1.29 is 4.79 Å². The molecule has 1 amide bonds. The highest BCUT2D eigenvalue weighted by Gasteiger charge is 2.29. The van der Waals surface area contributed by atoms with Gasteiger partial charge in [-0.05, 0) is 41.8 Å². The van der Waals surface area contributed by atoms with E-state index in [0.717, 1.165) is 11.1 Å². The van der Waals surface area contributed by atoms with Crippen LogP contribution in [-0.4, -0.2) is 42.4 Å². The fourth-order valence-corrected chi connectivity index (χ4v) is 4.12. The molecule has 0 spiro atoms. The van der Waals surface area contributed by atoms with Crippen LogP contribution >= 0.6 is 11.6 Å². The van der Waals surface area contributed by atoms with Crippen LogP contribution in [0.15, 0.2) is 48.9 Å². The highest BCUT2D eigenvalue weighted by Crippen LogP contribution is 2.36. The van der Waals surface area contributed by atoms with Gasteiger partial charge in [0.05, 0.1) is 29.6 Å². The largest absolute Gasteiger partial charge is 0.310 e. The van der Waals surface area contributed by atoms with Crippen LogP contribution in [0.3, 0.4) is 0 Å². The number of halogens is 1. The summed E-state index contributed by atoms with van der Waals surface area (Å²) in [5, 5.41) is 21.4. The van der Waals surface area contributed by atoms with Crippen LogP contribution in [0.1, 0.15) is 16.7 Å². The Hall–Kier alpha value is -4.36. The number of aromatic nitrogens is 6. The number of fused-ring (bicyclic) bond motifs is 1. The molecule has 0 aliphatic carbocycles. The molecule has 0 fully saturated rings. The van der Waals surface area contributed by atoms with Gasteiger partial charge < -0.3 is 10.2 Å². The molecule has 5 rings (SSSR count). The molecule has 34 heavy (non-hydrogen) atoms. The van der Waals surface area contributed by atoms with Gasteiger partial charge in [0.25, 0.3) is 0 Å². The maximum atomic E-state index is 13.1. The normalized spacial score (nSPS) is 12.3. The van der Waals surface area contributed by atoms with Crippen molar-refractivity contribution in [1.29, 1.82) is 5.26 Å². The van der Waals surface area contributed by atoms with Crippen molar-refractivity contribution in [1.82, 2.24) is 29.9 Å². The first-order chi connectivity index (χ1) is 16.5. The lowest BCUT2D eigenvalue weighted by molar-refractivity contribution is -0.117. The molecule has 4 heterocycles. The number of rotatable bonds is 5. The number of pyridine rings is 1. The summed E-state index contributed by atoms with van der Waals surface area (Å²) in [5.74, 6) is 0.756. The Morgan fingerprint density at radius 3 is 2.91 bits per heavy atom. The highest BCUT2D eigenvalue weighted by atomic mass is 35.5. The molecule has 0 radical (unpaired) electrons. The maximum Gasteiger partial charge on any atom is 0.231 e. The number of aryl methyl sites for hydroxylation is 1. The van der Waals surface area contributed by atoms with Crippen LogP contribution in [0.4, 0.5) is 17.5 Å². The number of amides is 1. The van der Waals surface area contributed by atoms with E-state index < -0.39 is 0 Å². The molecule has 0 atom stereocenters. The SMILES string of the molecule is Cn1ncc(Nc2nccc(-c3cc(C#N)c4c(c3)CCN4C(=O)Cc3cccnc3Cl)n2)n1. The van der Waals surface area contributed by atoms with E-state index in [4.69, 9.17) is 11.6 Å². The quantitative estimate of drug-likeness (QED) is 0.440. The zero-order chi connectivity index (χ0) is 23.7. The number of hydrogen-bond acceptors (Lipinski definition) is 8. The average Bonchev–Trinajstić information content (AvgIpc) is 3.46. The zero-order valence-electron chi connectivity index (χ0n) is 18.1. The van der Waals surface area contributed by atoms with Gasteiger partial charge in [0, 0.05) is 31.5 Å². The number of carbonyl (C=O) groups is 1. The molecule has 1 aliphatic rings. The van der Waals surface area contributed by atoms with E-state index in [-0.39, 0.29) is 12.3 Å². The van der Waals surface area contributed by atoms with Gasteiger partial charge in [-0.1, -0.05) is 17.7 Å². The number of hydrogen-bond donors (Lipinski definition) is 1. The standard InChI is InChI=1S/C23H18ClN9O/c1-32-28-13-19(31-32)30-23-27-7-4-18(29-23)16-9-14-5-8-33(21(14)17(10-16)12-25)20(34)11-15-3-2-6-26-22(15)24/h2-4,6-7,9-10,13H,5,8,11H2,1H3,(H,27,29,30,31). The van der Waals surface area contributed by atoms with E-state index in [1.54, 1.807) is 54.8 Å². The topological polar surface area (TPSA) is 126 Å². The summed E-state index contributed by atoms with van der Waals surface area (Å²) in [6.45, 7) is 0.493. The van der Waals surface area contributed by atoms with Crippen molar-refractivity contribution in [2.45, 2.75) is 12.8 Å². The molecule has 1 aromatic carbocycles. The monoisotopic (exact) mass is 471 g/mol. The van der Waals surface area contributed by atoms with Crippen LogP contribution in [0.5, 0.6) is 0 Å². The molecule has 0 saturated heterocycles. The molecule has 0 saturated carbocycles. The first-order valence-electron chi connectivity index (χ1n) is 10.5. The first kappa shape index (κ1) is 21.5. The minimum atomic E-state index is -0.129. The number of anilines is 3. The average molecular weight is 472 g/mol. The van der Waals surface area contributed by atoms with E-state index in [1.165, 1.54) is 4.80 Å². The van der Waals surface area contributed by atoms with Crippen LogP contribution in [0, 0.1) is 11.3 Å². The lowest BCUT2D eigenvalue weighted by Gasteiger charge is -2.19. The van der Waals surface area contributed by atoms with Gasteiger partial charge in [-0.2, -0.15) is 15.2 Å². The van der Waals surface area contributed by atoms with Gasteiger partial charge in [-0.25, -0.2) is 15.0 Å². The molecule has 0 bridgehead atoms. The third kappa shape index (κ3) is 4.16.